The van der Waals surface area contributed by atoms with E-state index >= 15 is 0 Å². The zero-order chi connectivity index (χ0) is 17.5. The maximum atomic E-state index is 6.32. The normalized spacial score (nSPS) is 20.8. The van der Waals surface area contributed by atoms with Gasteiger partial charge in [-0.05, 0) is 30.3 Å². The number of hydrazone groups is 1. The fourth-order valence-electron chi connectivity index (χ4n) is 3.60. The van der Waals surface area contributed by atoms with Gasteiger partial charge in [0, 0.05) is 40.5 Å². The van der Waals surface area contributed by atoms with Crippen LogP contribution in [0.25, 0.3) is 0 Å². The second kappa shape index (κ2) is 6.15. The molecule has 2 aliphatic heterocycles. The van der Waals surface area contributed by atoms with E-state index in [1.165, 1.54) is 5.56 Å². The van der Waals surface area contributed by atoms with Gasteiger partial charge in [-0.3, -0.25) is 4.98 Å². The van der Waals surface area contributed by atoms with Crippen LogP contribution in [0.4, 0.5) is 0 Å². The van der Waals surface area contributed by atoms with Crippen molar-refractivity contribution in [1.29, 1.82) is 0 Å². The molecule has 0 radical (unpaired) electrons. The summed E-state index contributed by atoms with van der Waals surface area (Å²) < 4.78 is 6.32. The van der Waals surface area contributed by atoms with Crippen molar-refractivity contribution in [3.05, 3.63) is 94.8 Å². The smallest absolute Gasteiger partial charge is 0.213 e. The van der Waals surface area contributed by atoms with Crippen LogP contribution in [0.15, 0.2) is 78.2 Å². The summed E-state index contributed by atoms with van der Waals surface area (Å²) in [7, 11) is 0. The molecule has 0 spiro atoms. The van der Waals surface area contributed by atoms with Crippen molar-refractivity contribution in [3.63, 3.8) is 0 Å². The molecule has 0 aliphatic carbocycles. The molecule has 128 valence electrons. The van der Waals surface area contributed by atoms with E-state index in [9.17, 15) is 0 Å². The Morgan fingerprint density at radius 1 is 0.962 bits per heavy atom. The standard InChI is InChI=1S/C21H16ClN3O/c22-16-7-5-15(6-8-16)21-25-19(17-3-1-2-4-20(17)26-21)13-18(24-25)14-9-11-23-12-10-14/h1-12,19,21H,13H2/t19-,21-/m0/s1. The Balaban J connectivity index is 1.60. The highest BCUT2D eigenvalue weighted by molar-refractivity contribution is 6.30. The molecule has 4 nitrogen and oxygen atoms in total. The van der Waals surface area contributed by atoms with Gasteiger partial charge in [-0.15, -0.1) is 0 Å². The monoisotopic (exact) mass is 361 g/mol. The zero-order valence-corrected chi connectivity index (χ0v) is 14.7. The third-order valence-corrected chi connectivity index (χ3v) is 5.12. The number of rotatable bonds is 2. The van der Waals surface area contributed by atoms with E-state index in [1.807, 2.05) is 54.6 Å². The van der Waals surface area contributed by atoms with Gasteiger partial charge >= 0.3 is 0 Å². The molecule has 1 aromatic heterocycles. The lowest BCUT2D eigenvalue weighted by atomic mass is 9.96. The molecular weight excluding hydrogens is 346 g/mol. The predicted molar refractivity (Wildman–Crippen MR) is 101 cm³/mol. The van der Waals surface area contributed by atoms with E-state index in [0.717, 1.165) is 29.0 Å². The summed E-state index contributed by atoms with van der Waals surface area (Å²) in [5.41, 5.74) is 4.36. The number of benzene rings is 2. The number of aromatic nitrogens is 1. The van der Waals surface area contributed by atoms with Crippen LogP contribution < -0.4 is 4.74 Å². The summed E-state index contributed by atoms with van der Waals surface area (Å²) in [5.74, 6) is 0.917. The number of fused-ring (bicyclic) bond motifs is 3. The predicted octanol–water partition coefficient (Wildman–Crippen LogP) is 4.98. The maximum absolute atomic E-state index is 6.32. The van der Waals surface area contributed by atoms with Gasteiger partial charge in [-0.2, -0.15) is 5.10 Å². The Hall–Kier alpha value is -2.85. The first kappa shape index (κ1) is 15.4. The van der Waals surface area contributed by atoms with Gasteiger partial charge < -0.3 is 4.74 Å². The summed E-state index contributed by atoms with van der Waals surface area (Å²) in [5, 5.41) is 7.71. The Morgan fingerprint density at radius 3 is 2.54 bits per heavy atom. The minimum absolute atomic E-state index is 0.156. The molecule has 0 fully saturated rings. The summed E-state index contributed by atoms with van der Waals surface area (Å²) in [4.78, 5) is 4.11. The van der Waals surface area contributed by atoms with Gasteiger partial charge in [-0.1, -0.05) is 41.9 Å². The lowest BCUT2D eigenvalue weighted by Crippen LogP contribution is -2.33. The minimum Gasteiger partial charge on any atom is -0.464 e. The molecule has 0 amide bonds. The molecule has 2 aromatic carbocycles. The number of halogens is 1. The minimum atomic E-state index is -0.272. The fourth-order valence-corrected chi connectivity index (χ4v) is 3.73. The Morgan fingerprint density at radius 2 is 1.73 bits per heavy atom. The van der Waals surface area contributed by atoms with Crippen molar-refractivity contribution in [1.82, 2.24) is 9.99 Å². The number of para-hydroxylation sites is 1. The summed E-state index contributed by atoms with van der Waals surface area (Å²) in [6.07, 6.45) is 4.17. The van der Waals surface area contributed by atoms with Gasteiger partial charge in [0.15, 0.2) is 0 Å². The van der Waals surface area contributed by atoms with Gasteiger partial charge in [0.25, 0.3) is 0 Å². The number of nitrogens with zero attached hydrogens (tertiary/aromatic N) is 3. The molecule has 5 heteroatoms. The SMILES string of the molecule is Clc1ccc([C@@H]2Oc3ccccc3[C@@H]3CC(c4ccncc4)=NN32)cc1. The number of hydrogen-bond donors (Lipinski definition) is 0. The zero-order valence-electron chi connectivity index (χ0n) is 13.9. The molecule has 0 bridgehead atoms. The highest BCUT2D eigenvalue weighted by Crippen LogP contribution is 2.47. The van der Waals surface area contributed by atoms with Crippen LogP contribution in [0.3, 0.4) is 0 Å². The largest absolute Gasteiger partial charge is 0.464 e. The Labute approximate surface area is 156 Å². The molecule has 26 heavy (non-hydrogen) atoms. The average Bonchev–Trinajstić information content (AvgIpc) is 3.14. The van der Waals surface area contributed by atoms with E-state index in [0.29, 0.717) is 5.02 Å². The number of ether oxygens (including phenoxy) is 1. The van der Waals surface area contributed by atoms with E-state index < -0.39 is 0 Å². The first-order valence-corrected chi connectivity index (χ1v) is 8.95. The third kappa shape index (κ3) is 2.54. The molecule has 0 saturated heterocycles. The lowest BCUT2D eigenvalue weighted by Gasteiger charge is -2.38. The first-order valence-electron chi connectivity index (χ1n) is 8.57. The molecular formula is C21H16ClN3O. The van der Waals surface area contributed by atoms with Gasteiger partial charge in [0.1, 0.15) is 5.75 Å². The van der Waals surface area contributed by atoms with Crippen molar-refractivity contribution < 1.29 is 4.74 Å². The van der Waals surface area contributed by atoms with Crippen LogP contribution in [0.1, 0.15) is 35.4 Å². The van der Waals surface area contributed by atoms with E-state index in [4.69, 9.17) is 21.4 Å². The van der Waals surface area contributed by atoms with Crippen LogP contribution >= 0.6 is 11.6 Å². The number of hydrogen-bond acceptors (Lipinski definition) is 4. The maximum Gasteiger partial charge on any atom is 0.213 e. The van der Waals surface area contributed by atoms with E-state index in [1.54, 1.807) is 12.4 Å². The third-order valence-electron chi connectivity index (χ3n) is 4.87. The Kier molecular flexibility index (Phi) is 3.64. The van der Waals surface area contributed by atoms with Crippen molar-refractivity contribution in [2.45, 2.75) is 18.7 Å². The molecule has 3 heterocycles. The van der Waals surface area contributed by atoms with E-state index in [-0.39, 0.29) is 12.3 Å². The highest BCUT2D eigenvalue weighted by atomic mass is 35.5. The summed E-state index contributed by atoms with van der Waals surface area (Å²) in [6, 6.07) is 20.1. The van der Waals surface area contributed by atoms with Crippen LogP contribution in [0, 0.1) is 0 Å². The quantitative estimate of drug-likeness (QED) is 0.646. The summed E-state index contributed by atoms with van der Waals surface area (Å²) in [6.45, 7) is 0. The van der Waals surface area contributed by atoms with Crippen LogP contribution in [-0.2, 0) is 0 Å². The molecule has 0 unspecified atom stereocenters. The lowest BCUT2D eigenvalue weighted by molar-refractivity contribution is -0.0190. The second-order valence-electron chi connectivity index (χ2n) is 6.44. The van der Waals surface area contributed by atoms with Gasteiger partial charge in [0.05, 0.1) is 11.8 Å². The van der Waals surface area contributed by atoms with Crippen molar-refractivity contribution in [3.8, 4) is 5.75 Å². The Bertz CT molecular complexity index is 972. The van der Waals surface area contributed by atoms with Crippen molar-refractivity contribution in [2.75, 3.05) is 0 Å². The highest BCUT2D eigenvalue weighted by Gasteiger charge is 2.40. The molecule has 0 N–H and O–H groups in total. The van der Waals surface area contributed by atoms with Crippen molar-refractivity contribution >= 4 is 17.3 Å². The fraction of sp³-hybridized carbons (Fsp3) is 0.143. The molecule has 0 saturated carbocycles. The van der Waals surface area contributed by atoms with Gasteiger partial charge in [0.2, 0.25) is 6.23 Å². The molecule has 3 aromatic rings. The van der Waals surface area contributed by atoms with Crippen LogP contribution in [-0.4, -0.2) is 15.7 Å². The summed E-state index contributed by atoms with van der Waals surface area (Å²) >= 11 is 6.06. The van der Waals surface area contributed by atoms with Crippen LogP contribution in [0.2, 0.25) is 5.02 Å². The molecule has 2 atom stereocenters. The topological polar surface area (TPSA) is 37.7 Å². The first-order chi connectivity index (χ1) is 12.8. The average molecular weight is 362 g/mol. The molecule has 2 aliphatic rings. The van der Waals surface area contributed by atoms with E-state index in [2.05, 4.69) is 16.1 Å². The second-order valence-corrected chi connectivity index (χ2v) is 6.88. The number of pyridine rings is 1. The van der Waals surface area contributed by atoms with Crippen molar-refractivity contribution in [2.24, 2.45) is 5.10 Å². The van der Waals surface area contributed by atoms with Crippen LogP contribution in [0.5, 0.6) is 5.75 Å². The molecule has 5 rings (SSSR count). The van der Waals surface area contributed by atoms with Gasteiger partial charge in [-0.25, -0.2) is 5.01 Å².